The molecule has 1 heterocycles. The van der Waals surface area contributed by atoms with Crippen LogP contribution in [0.1, 0.15) is 12.8 Å². The summed E-state index contributed by atoms with van der Waals surface area (Å²) in [5, 5.41) is 0. The summed E-state index contributed by atoms with van der Waals surface area (Å²) in [4.78, 5) is 16.8. The van der Waals surface area contributed by atoms with Crippen molar-refractivity contribution in [3.05, 3.63) is 48.5 Å². The number of hydrogen-bond acceptors (Lipinski definition) is 6. The number of nitrogens with zero attached hydrogens (tertiary/aromatic N) is 3. The van der Waals surface area contributed by atoms with Crippen molar-refractivity contribution >= 4 is 27.3 Å². The van der Waals surface area contributed by atoms with Gasteiger partial charge in [-0.25, -0.2) is 8.42 Å². The normalized spacial score (nSPS) is 14.2. The van der Waals surface area contributed by atoms with Crippen LogP contribution >= 0.6 is 0 Å². The molecule has 1 fully saturated rings. The molecule has 0 bridgehead atoms. The Morgan fingerprint density at radius 3 is 2.16 bits per heavy atom. The zero-order chi connectivity index (χ0) is 23.1. The molecule has 0 saturated carbocycles. The second-order valence-corrected chi connectivity index (χ2v) is 9.56. The van der Waals surface area contributed by atoms with E-state index in [4.69, 9.17) is 9.47 Å². The van der Waals surface area contributed by atoms with Gasteiger partial charge in [0.25, 0.3) is 0 Å². The van der Waals surface area contributed by atoms with E-state index in [1.807, 2.05) is 29.2 Å². The number of methoxy groups -OCH3 is 2. The van der Waals surface area contributed by atoms with Crippen LogP contribution in [0, 0.1) is 0 Å². The van der Waals surface area contributed by atoms with Crippen molar-refractivity contribution in [2.24, 2.45) is 0 Å². The first-order valence-electron chi connectivity index (χ1n) is 10.6. The number of hydrogen-bond donors (Lipinski definition) is 0. The van der Waals surface area contributed by atoms with Crippen LogP contribution in [0.4, 0.5) is 11.4 Å². The van der Waals surface area contributed by atoms with E-state index in [1.54, 1.807) is 31.4 Å². The Bertz CT molecular complexity index is 1020. The van der Waals surface area contributed by atoms with Crippen molar-refractivity contribution in [3.8, 4) is 11.5 Å². The number of para-hydroxylation sites is 4. The van der Waals surface area contributed by atoms with Gasteiger partial charge in [-0.1, -0.05) is 24.3 Å². The zero-order valence-electron chi connectivity index (χ0n) is 18.9. The molecular weight excluding hydrogens is 430 g/mol. The molecule has 1 amide bonds. The van der Waals surface area contributed by atoms with Gasteiger partial charge in [0.05, 0.1) is 31.9 Å². The molecule has 174 valence electrons. The Kier molecular flexibility index (Phi) is 7.84. The van der Waals surface area contributed by atoms with Crippen molar-refractivity contribution < 1.29 is 22.7 Å². The number of rotatable bonds is 9. The molecule has 9 heteroatoms. The number of anilines is 2. The van der Waals surface area contributed by atoms with Crippen LogP contribution in [-0.2, 0) is 14.8 Å². The van der Waals surface area contributed by atoms with Crippen molar-refractivity contribution in [2.75, 3.05) is 62.4 Å². The van der Waals surface area contributed by atoms with E-state index < -0.39 is 10.0 Å². The van der Waals surface area contributed by atoms with Crippen molar-refractivity contribution in [2.45, 2.75) is 12.8 Å². The minimum atomic E-state index is -3.51. The van der Waals surface area contributed by atoms with E-state index in [9.17, 15) is 13.2 Å². The standard InChI is InChI=1S/C23H31N3O5S/c1-30-21-11-6-4-9-19(21)24-15-17-25(18-16-24)23(27)13-8-14-26(32(3,28)29)20-10-5-7-12-22(20)31-2/h4-7,9-12H,8,13-18H2,1-3H3. The monoisotopic (exact) mass is 461 g/mol. The fourth-order valence-corrected chi connectivity index (χ4v) is 4.89. The molecule has 0 unspecified atom stereocenters. The van der Waals surface area contributed by atoms with Crippen molar-refractivity contribution in [1.82, 2.24) is 4.90 Å². The number of piperazine rings is 1. The summed E-state index contributed by atoms with van der Waals surface area (Å²) in [6.45, 7) is 2.91. The number of sulfonamides is 1. The third kappa shape index (κ3) is 5.64. The number of ether oxygens (including phenoxy) is 2. The lowest BCUT2D eigenvalue weighted by atomic mass is 10.2. The molecule has 8 nitrogen and oxygen atoms in total. The minimum Gasteiger partial charge on any atom is -0.495 e. The maximum Gasteiger partial charge on any atom is 0.232 e. The molecule has 2 aromatic rings. The van der Waals surface area contributed by atoms with Crippen LogP contribution in [0.5, 0.6) is 11.5 Å². The quantitative estimate of drug-likeness (QED) is 0.571. The highest BCUT2D eigenvalue weighted by molar-refractivity contribution is 7.92. The van der Waals surface area contributed by atoms with E-state index in [-0.39, 0.29) is 18.9 Å². The van der Waals surface area contributed by atoms with Crippen LogP contribution in [0.3, 0.4) is 0 Å². The van der Waals surface area contributed by atoms with Gasteiger partial charge >= 0.3 is 0 Å². The van der Waals surface area contributed by atoms with Crippen LogP contribution in [0.2, 0.25) is 0 Å². The number of amides is 1. The number of carbonyl (C=O) groups excluding carboxylic acids is 1. The predicted molar refractivity (Wildman–Crippen MR) is 126 cm³/mol. The molecule has 1 aliphatic rings. The second-order valence-electron chi connectivity index (χ2n) is 7.65. The Morgan fingerprint density at radius 1 is 0.938 bits per heavy atom. The number of carbonyl (C=O) groups is 1. The number of benzene rings is 2. The summed E-state index contributed by atoms with van der Waals surface area (Å²) < 4.78 is 36.8. The van der Waals surface area contributed by atoms with E-state index >= 15 is 0 Å². The van der Waals surface area contributed by atoms with Gasteiger partial charge in [0, 0.05) is 39.1 Å². The van der Waals surface area contributed by atoms with Gasteiger partial charge in [-0.15, -0.1) is 0 Å². The maximum absolute atomic E-state index is 12.7. The topological polar surface area (TPSA) is 79.4 Å². The summed E-state index contributed by atoms with van der Waals surface area (Å²) in [6, 6.07) is 14.9. The van der Waals surface area contributed by atoms with Crippen LogP contribution < -0.4 is 18.7 Å². The molecular formula is C23H31N3O5S. The summed E-state index contributed by atoms with van der Waals surface area (Å²) >= 11 is 0. The van der Waals surface area contributed by atoms with Crippen LogP contribution in [0.25, 0.3) is 0 Å². The third-order valence-corrected chi connectivity index (χ3v) is 6.74. The van der Waals surface area contributed by atoms with E-state index in [0.29, 0.717) is 30.9 Å². The van der Waals surface area contributed by atoms with Crippen molar-refractivity contribution in [1.29, 1.82) is 0 Å². The molecule has 0 radical (unpaired) electrons. The van der Waals surface area contributed by atoms with Crippen LogP contribution in [0.15, 0.2) is 48.5 Å². The first-order valence-corrected chi connectivity index (χ1v) is 12.5. The fourth-order valence-electron chi connectivity index (χ4n) is 3.92. The van der Waals surface area contributed by atoms with Gasteiger partial charge < -0.3 is 19.3 Å². The molecule has 3 rings (SSSR count). The molecule has 0 N–H and O–H groups in total. The largest absolute Gasteiger partial charge is 0.495 e. The Labute approximate surface area is 190 Å². The Morgan fingerprint density at radius 2 is 1.53 bits per heavy atom. The molecule has 2 aromatic carbocycles. The fraction of sp³-hybridized carbons (Fsp3) is 0.435. The third-order valence-electron chi connectivity index (χ3n) is 5.56. The van der Waals surface area contributed by atoms with Crippen molar-refractivity contribution in [3.63, 3.8) is 0 Å². The minimum absolute atomic E-state index is 0.0400. The van der Waals surface area contributed by atoms with Gasteiger partial charge in [0.1, 0.15) is 11.5 Å². The lowest BCUT2D eigenvalue weighted by Gasteiger charge is -2.36. The zero-order valence-corrected chi connectivity index (χ0v) is 19.7. The highest BCUT2D eigenvalue weighted by Gasteiger charge is 2.24. The smallest absolute Gasteiger partial charge is 0.232 e. The molecule has 1 saturated heterocycles. The predicted octanol–water partition coefficient (Wildman–Crippen LogP) is 2.60. The van der Waals surface area contributed by atoms with E-state index in [1.165, 1.54) is 17.7 Å². The van der Waals surface area contributed by atoms with E-state index in [0.717, 1.165) is 24.5 Å². The lowest BCUT2D eigenvalue weighted by Crippen LogP contribution is -2.49. The molecule has 0 atom stereocenters. The highest BCUT2D eigenvalue weighted by Crippen LogP contribution is 2.30. The highest BCUT2D eigenvalue weighted by atomic mass is 32.2. The average molecular weight is 462 g/mol. The first kappa shape index (κ1) is 23.7. The summed E-state index contributed by atoms with van der Waals surface area (Å²) in [5.74, 6) is 1.35. The molecule has 0 spiro atoms. The van der Waals surface area contributed by atoms with Gasteiger partial charge in [0.15, 0.2) is 0 Å². The summed E-state index contributed by atoms with van der Waals surface area (Å²) in [7, 11) is -0.344. The van der Waals surface area contributed by atoms with Crippen LogP contribution in [-0.4, -0.2) is 72.4 Å². The Hall–Kier alpha value is -2.94. The van der Waals surface area contributed by atoms with E-state index in [2.05, 4.69) is 4.90 Å². The van der Waals surface area contributed by atoms with Gasteiger partial charge in [0.2, 0.25) is 15.9 Å². The molecule has 0 aromatic heterocycles. The molecule has 1 aliphatic heterocycles. The Balaban J connectivity index is 1.55. The molecule has 32 heavy (non-hydrogen) atoms. The molecule has 0 aliphatic carbocycles. The summed E-state index contributed by atoms with van der Waals surface area (Å²) in [6.07, 6.45) is 1.88. The van der Waals surface area contributed by atoms with Gasteiger partial charge in [-0.3, -0.25) is 9.10 Å². The first-order chi connectivity index (χ1) is 15.3. The summed E-state index contributed by atoms with van der Waals surface area (Å²) in [5.41, 5.74) is 1.51. The lowest BCUT2D eigenvalue weighted by molar-refractivity contribution is -0.131. The SMILES string of the molecule is COc1ccccc1N1CCN(C(=O)CCCN(c2ccccc2OC)S(C)(=O)=O)CC1. The second kappa shape index (κ2) is 10.6. The maximum atomic E-state index is 12.7. The average Bonchev–Trinajstić information content (AvgIpc) is 2.81. The van der Waals surface area contributed by atoms with Gasteiger partial charge in [-0.2, -0.15) is 0 Å². The van der Waals surface area contributed by atoms with Gasteiger partial charge in [-0.05, 0) is 30.7 Å².